The molecule has 0 radical (unpaired) electrons. The van der Waals surface area contributed by atoms with Gasteiger partial charge in [-0.05, 0) is 48.7 Å². The number of hydrogen-bond donors (Lipinski definition) is 0. The van der Waals surface area contributed by atoms with Crippen LogP contribution in [0.5, 0.6) is 11.5 Å². The van der Waals surface area contributed by atoms with Gasteiger partial charge in [0.25, 0.3) is 15.9 Å². The fraction of sp³-hybridized carbons (Fsp3) is 0.259. The number of sulfonamides is 1. The third-order valence-corrected chi connectivity index (χ3v) is 9.23. The Morgan fingerprint density at radius 3 is 2.43 bits per heavy atom. The number of aryl methyl sites for hydroxylation is 1. The van der Waals surface area contributed by atoms with Gasteiger partial charge in [0, 0.05) is 30.8 Å². The van der Waals surface area contributed by atoms with E-state index in [9.17, 15) is 13.2 Å². The van der Waals surface area contributed by atoms with E-state index in [1.54, 1.807) is 14.2 Å². The second kappa shape index (κ2) is 10.0. The lowest BCUT2D eigenvalue weighted by atomic mass is 10.2. The van der Waals surface area contributed by atoms with Crippen molar-refractivity contribution in [2.45, 2.75) is 31.2 Å². The van der Waals surface area contributed by atoms with E-state index in [1.807, 2.05) is 41.0 Å². The number of aromatic nitrogens is 1. The van der Waals surface area contributed by atoms with E-state index in [-0.39, 0.29) is 4.90 Å². The van der Waals surface area contributed by atoms with Crippen molar-refractivity contribution in [1.29, 1.82) is 0 Å². The molecule has 0 unspecified atom stereocenters. The standard InChI is InChI=1S/C27H27N3O5S2/c1-4-14-29-22-16-23(34-2)24(35-3)17-25(22)36-27(29)28-26(31)19-9-11-20(12-10-19)37(32,33)30-15-13-18-7-5-6-8-21(18)30/h5-12,16-17H,4,13-15H2,1-3H3. The highest BCUT2D eigenvalue weighted by molar-refractivity contribution is 7.92. The minimum Gasteiger partial charge on any atom is -0.493 e. The maximum absolute atomic E-state index is 13.3. The minimum absolute atomic E-state index is 0.142. The summed E-state index contributed by atoms with van der Waals surface area (Å²) in [5.41, 5.74) is 2.94. The number of hydrogen-bond acceptors (Lipinski definition) is 6. The van der Waals surface area contributed by atoms with Gasteiger partial charge in [0.2, 0.25) is 0 Å². The van der Waals surface area contributed by atoms with E-state index in [2.05, 4.69) is 11.9 Å². The quantitative estimate of drug-likeness (QED) is 0.343. The maximum Gasteiger partial charge on any atom is 0.279 e. The molecule has 2 heterocycles. The highest BCUT2D eigenvalue weighted by Crippen LogP contribution is 2.34. The van der Waals surface area contributed by atoms with Crippen LogP contribution in [-0.2, 0) is 23.0 Å². The number of thiazole rings is 1. The summed E-state index contributed by atoms with van der Waals surface area (Å²) in [6.07, 6.45) is 1.53. The summed E-state index contributed by atoms with van der Waals surface area (Å²) in [6.45, 7) is 3.13. The van der Waals surface area contributed by atoms with Gasteiger partial charge in [-0.3, -0.25) is 9.10 Å². The van der Waals surface area contributed by atoms with Gasteiger partial charge in [0.05, 0.1) is 35.0 Å². The van der Waals surface area contributed by atoms with Crippen LogP contribution in [0.2, 0.25) is 0 Å². The Labute approximate surface area is 219 Å². The molecule has 4 aromatic rings. The Balaban J connectivity index is 1.48. The molecule has 0 saturated heterocycles. The van der Waals surface area contributed by atoms with Crippen LogP contribution in [-0.4, -0.2) is 39.7 Å². The number of benzene rings is 3. The lowest BCUT2D eigenvalue weighted by molar-refractivity contribution is 0.0997. The van der Waals surface area contributed by atoms with Gasteiger partial charge in [0.1, 0.15) is 0 Å². The molecule has 0 fully saturated rings. The van der Waals surface area contributed by atoms with Crippen LogP contribution in [0, 0.1) is 0 Å². The molecule has 0 spiro atoms. The van der Waals surface area contributed by atoms with Crippen LogP contribution in [0.15, 0.2) is 70.6 Å². The van der Waals surface area contributed by atoms with E-state index in [0.717, 1.165) is 22.2 Å². The van der Waals surface area contributed by atoms with Gasteiger partial charge in [0.15, 0.2) is 16.3 Å². The molecule has 1 aliphatic heterocycles. The normalized spacial score (nSPS) is 13.7. The van der Waals surface area contributed by atoms with Crippen LogP contribution < -0.4 is 18.6 Å². The molecule has 10 heteroatoms. The lowest BCUT2D eigenvalue weighted by Crippen LogP contribution is -2.29. The molecule has 192 valence electrons. The molecule has 37 heavy (non-hydrogen) atoms. The van der Waals surface area contributed by atoms with E-state index in [0.29, 0.717) is 47.1 Å². The number of methoxy groups -OCH3 is 2. The summed E-state index contributed by atoms with van der Waals surface area (Å²) < 4.78 is 41.8. The number of anilines is 1. The predicted molar refractivity (Wildman–Crippen MR) is 144 cm³/mol. The number of ether oxygens (including phenoxy) is 2. The van der Waals surface area contributed by atoms with Crippen LogP contribution >= 0.6 is 11.3 Å². The number of para-hydroxylation sites is 1. The fourth-order valence-corrected chi connectivity index (χ4v) is 7.10. The summed E-state index contributed by atoms with van der Waals surface area (Å²) in [7, 11) is -0.566. The van der Waals surface area contributed by atoms with E-state index in [1.165, 1.54) is 39.9 Å². The third kappa shape index (κ3) is 4.51. The average molecular weight is 538 g/mol. The smallest absolute Gasteiger partial charge is 0.279 e. The van der Waals surface area contributed by atoms with Crippen molar-refractivity contribution in [3.8, 4) is 11.5 Å². The van der Waals surface area contributed by atoms with Crippen LogP contribution in [0.1, 0.15) is 29.3 Å². The second-order valence-electron chi connectivity index (χ2n) is 8.61. The molecule has 0 saturated carbocycles. The molecule has 3 aromatic carbocycles. The molecule has 0 bridgehead atoms. The van der Waals surface area contributed by atoms with Crippen molar-refractivity contribution in [2.24, 2.45) is 4.99 Å². The lowest BCUT2D eigenvalue weighted by Gasteiger charge is -2.19. The Kier molecular flexibility index (Phi) is 6.78. The molecular formula is C27H27N3O5S2. The maximum atomic E-state index is 13.3. The highest BCUT2D eigenvalue weighted by atomic mass is 32.2. The topological polar surface area (TPSA) is 90.2 Å². The van der Waals surface area contributed by atoms with Crippen molar-refractivity contribution < 1.29 is 22.7 Å². The van der Waals surface area contributed by atoms with Crippen molar-refractivity contribution in [3.05, 3.63) is 76.6 Å². The molecule has 5 rings (SSSR count). The van der Waals surface area contributed by atoms with E-state index < -0.39 is 15.9 Å². The number of nitrogens with zero attached hydrogens (tertiary/aromatic N) is 3. The summed E-state index contributed by atoms with van der Waals surface area (Å²) in [6, 6.07) is 17.3. The van der Waals surface area contributed by atoms with Crippen molar-refractivity contribution >= 4 is 43.2 Å². The van der Waals surface area contributed by atoms with E-state index in [4.69, 9.17) is 9.47 Å². The highest BCUT2D eigenvalue weighted by Gasteiger charge is 2.30. The Morgan fingerprint density at radius 2 is 1.73 bits per heavy atom. The van der Waals surface area contributed by atoms with Crippen LogP contribution in [0.4, 0.5) is 5.69 Å². The fourth-order valence-electron chi connectivity index (χ4n) is 4.53. The SMILES string of the molecule is CCCn1c(=NC(=O)c2ccc(S(=O)(=O)N3CCc4ccccc43)cc2)sc2cc(OC)c(OC)cc21. The summed E-state index contributed by atoms with van der Waals surface area (Å²) >= 11 is 1.39. The number of carbonyl (C=O) groups is 1. The van der Waals surface area contributed by atoms with E-state index >= 15 is 0 Å². The minimum atomic E-state index is -3.73. The monoisotopic (exact) mass is 537 g/mol. The summed E-state index contributed by atoms with van der Waals surface area (Å²) in [4.78, 5) is 18.2. The second-order valence-corrected chi connectivity index (χ2v) is 11.5. The first kappa shape index (κ1) is 25.0. The molecule has 0 atom stereocenters. The Morgan fingerprint density at radius 1 is 1.03 bits per heavy atom. The third-order valence-electron chi connectivity index (χ3n) is 6.37. The molecule has 1 aromatic heterocycles. The van der Waals surface area contributed by atoms with Crippen LogP contribution in [0.25, 0.3) is 10.2 Å². The molecular weight excluding hydrogens is 510 g/mol. The van der Waals surface area contributed by atoms with Gasteiger partial charge >= 0.3 is 0 Å². The van der Waals surface area contributed by atoms with Crippen molar-refractivity contribution in [3.63, 3.8) is 0 Å². The predicted octanol–water partition coefficient (Wildman–Crippen LogP) is 4.62. The van der Waals surface area contributed by atoms with Gasteiger partial charge in [-0.15, -0.1) is 0 Å². The molecule has 0 N–H and O–H groups in total. The zero-order valence-electron chi connectivity index (χ0n) is 20.8. The molecule has 8 nitrogen and oxygen atoms in total. The molecule has 0 aliphatic carbocycles. The first-order chi connectivity index (χ1) is 17.9. The number of carbonyl (C=O) groups excluding carboxylic acids is 1. The van der Waals surface area contributed by atoms with Crippen molar-refractivity contribution in [1.82, 2.24) is 4.57 Å². The zero-order chi connectivity index (χ0) is 26.2. The molecule has 1 aliphatic rings. The first-order valence-corrected chi connectivity index (χ1v) is 14.2. The zero-order valence-corrected chi connectivity index (χ0v) is 22.4. The van der Waals surface area contributed by atoms with Gasteiger partial charge in [-0.2, -0.15) is 4.99 Å². The van der Waals surface area contributed by atoms with Gasteiger partial charge in [-0.25, -0.2) is 8.42 Å². The summed E-state index contributed by atoms with van der Waals surface area (Å²) in [5.74, 6) is 0.772. The Hall–Kier alpha value is -3.63. The van der Waals surface area contributed by atoms with Gasteiger partial charge < -0.3 is 14.0 Å². The summed E-state index contributed by atoms with van der Waals surface area (Å²) in [5, 5.41) is 0. The largest absolute Gasteiger partial charge is 0.493 e. The Bertz CT molecular complexity index is 1650. The van der Waals surface area contributed by atoms with Crippen molar-refractivity contribution in [2.75, 3.05) is 25.1 Å². The average Bonchev–Trinajstić information content (AvgIpc) is 3.50. The number of rotatable bonds is 7. The first-order valence-electron chi connectivity index (χ1n) is 11.9. The number of amides is 1. The van der Waals surface area contributed by atoms with Gasteiger partial charge in [-0.1, -0.05) is 36.5 Å². The molecule has 1 amide bonds. The van der Waals surface area contributed by atoms with Crippen LogP contribution in [0.3, 0.4) is 0 Å². The number of fused-ring (bicyclic) bond motifs is 2.